The molecule has 3 amide bonds. The molecule has 3 rings (SSSR count). The topological polar surface area (TPSA) is 105 Å². The Balaban J connectivity index is 1.81. The number of anilines is 2. The predicted octanol–water partition coefficient (Wildman–Crippen LogP) is 2.59. The van der Waals surface area contributed by atoms with Gasteiger partial charge in [-0.1, -0.05) is 30.3 Å². The van der Waals surface area contributed by atoms with Gasteiger partial charge in [-0.05, 0) is 36.6 Å². The van der Waals surface area contributed by atoms with Gasteiger partial charge in [0, 0.05) is 25.6 Å². The van der Waals surface area contributed by atoms with Crippen LogP contribution in [0.3, 0.4) is 0 Å². The van der Waals surface area contributed by atoms with Crippen LogP contribution in [0.15, 0.2) is 48.5 Å². The number of carbonyl (C=O) groups is 3. The number of hydrogen-bond donors (Lipinski definition) is 3. The van der Waals surface area contributed by atoms with Crippen molar-refractivity contribution < 1.29 is 14.4 Å². The summed E-state index contributed by atoms with van der Waals surface area (Å²) in [6, 6.07) is 14.0. The average Bonchev–Trinajstić information content (AvgIpc) is 3.22. The molecule has 2 aromatic rings. The molecular formula is C22H26N4O3. The van der Waals surface area contributed by atoms with Crippen LogP contribution < -0.4 is 21.3 Å². The smallest absolute Gasteiger partial charge is 0.248 e. The fourth-order valence-corrected chi connectivity index (χ4v) is 3.59. The van der Waals surface area contributed by atoms with E-state index >= 15 is 0 Å². The van der Waals surface area contributed by atoms with E-state index in [-0.39, 0.29) is 18.2 Å². The zero-order chi connectivity index (χ0) is 20.8. The van der Waals surface area contributed by atoms with Crippen molar-refractivity contribution in [3.8, 4) is 0 Å². The lowest BCUT2D eigenvalue weighted by Gasteiger charge is -2.23. The minimum Gasteiger partial charge on any atom is -0.370 e. The molecule has 0 bridgehead atoms. The number of carbonyl (C=O) groups excluding carboxylic acids is 3. The van der Waals surface area contributed by atoms with Gasteiger partial charge in [0.1, 0.15) is 0 Å². The summed E-state index contributed by atoms with van der Waals surface area (Å²) in [5.74, 6) is -1.01. The molecule has 0 spiro atoms. The van der Waals surface area contributed by atoms with Gasteiger partial charge >= 0.3 is 0 Å². The third-order valence-corrected chi connectivity index (χ3v) is 4.97. The number of amides is 3. The highest BCUT2D eigenvalue weighted by Gasteiger charge is 2.21. The first-order valence-corrected chi connectivity index (χ1v) is 9.74. The number of nitrogens with zero attached hydrogens (tertiary/aromatic N) is 1. The van der Waals surface area contributed by atoms with E-state index in [0.29, 0.717) is 11.3 Å². The fraction of sp³-hybridized carbons (Fsp3) is 0.318. The van der Waals surface area contributed by atoms with Crippen molar-refractivity contribution in [3.05, 3.63) is 59.7 Å². The zero-order valence-electron chi connectivity index (χ0n) is 16.5. The van der Waals surface area contributed by atoms with Crippen molar-refractivity contribution in [2.75, 3.05) is 23.3 Å². The van der Waals surface area contributed by atoms with Crippen molar-refractivity contribution >= 4 is 29.1 Å². The molecule has 1 fully saturated rings. The van der Waals surface area contributed by atoms with Gasteiger partial charge in [0.05, 0.1) is 23.8 Å². The molecular weight excluding hydrogens is 368 g/mol. The number of primary amides is 1. The standard InChI is InChI=1S/C22H26N4O3/c1-15(27)24-18(16-7-3-2-4-8-16)14-21(28)25-19-13-17(22(23)29)9-10-20(19)26-11-5-6-12-26/h2-4,7-10,13,18H,5-6,11-12,14H2,1H3,(H2,23,29)(H,24,27)(H,25,28)/t18-/m0/s1. The Hall–Kier alpha value is -3.35. The normalized spacial score (nSPS) is 14.3. The summed E-state index contributed by atoms with van der Waals surface area (Å²) in [5, 5.41) is 5.74. The molecule has 152 valence electrons. The van der Waals surface area contributed by atoms with Gasteiger partial charge in [-0.15, -0.1) is 0 Å². The fourth-order valence-electron chi connectivity index (χ4n) is 3.59. The second-order valence-electron chi connectivity index (χ2n) is 7.21. The molecule has 0 saturated carbocycles. The number of hydrogen-bond acceptors (Lipinski definition) is 4. The molecule has 7 heteroatoms. The molecule has 0 radical (unpaired) electrons. The lowest BCUT2D eigenvalue weighted by molar-refractivity contribution is -0.120. The van der Waals surface area contributed by atoms with E-state index < -0.39 is 11.9 Å². The molecule has 29 heavy (non-hydrogen) atoms. The second kappa shape index (κ2) is 9.23. The van der Waals surface area contributed by atoms with E-state index in [1.54, 1.807) is 12.1 Å². The van der Waals surface area contributed by atoms with E-state index in [1.807, 2.05) is 36.4 Å². The number of benzene rings is 2. The highest BCUT2D eigenvalue weighted by atomic mass is 16.2. The molecule has 4 N–H and O–H groups in total. The van der Waals surface area contributed by atoms with Crippen molar-refractivity contribution in [1.82, 2.24) is 5.32 Å². The molecule has 1 aliphatic rings. The number of nitrogens with one attached hydrogen (secondary N) is 2. The van der Waals surface area contributed by atoms with Gasteiger partial charge in [0.15, 0.2) is 0 Å². The van der Waals surface area contributed by atoms with Crippen LogP contribution >= 0.6 is 0 Å². The van der Waals surface area contributed by atoms with Crippen molar-refractivity contribution in [3.63, 3.8) is 0 Å². The molecule has 0 aromatic heterocycles. The van der Waals surface area contributed by atoms with Crippen LogP contribution in [0, 0.1) is 0 Å². The molecule has 1 saturated heterocycles. The Bertz CT molecular complexity index is 892. The molecule has 1 heterocycles. The summed E-state index contributed by atoms with van der Waals surface area (Å²) in [7, 11) is 0. The predicted molar refractivity (Wildman–Crippen MR) is 113 cm³/mol. The first-order valence-electron chi connectivity index (χ1n) is 9.74. The van der Waals surface area contributed by atoms with Crippen LogP contribution in [-0.2, 0) is 9.59 Å². The van der Waals surface area contributed by atoms with Crippen molar-refractivity contribution in [2.45, 2.75) is 32.2 Å². The van der Waals surface area contributed by atoms with E-state index in [4.69, 9.17) is 5.73 Å². The SMILES string of the molecule is CC(=O)N[C@@H](CC(=O)Nc1cc(C(N)=O)ccc1N1CCCC1)c1ccccc1. The molecule has 1 atom stereocenters. The maximum atomic E-state index is 12.8. The summed E-state index contributed by atoms with van der Waals surface area (Å²) in [6.07, 6.45) is 2.25. The van der Waals surface area contributed by atoms with E-state index in [0.717, 1.165) is 37.2 Å². The minimum atomic E-state index is -0.547. The van der Waals surface area contributed by atoms with Crippen LogP contribution in [0.5, 0.6) is 0 Å². The molecule has 0 aliphatic carbocycles. The van der Waals surface area contributed by atoms with Crippen LogP contribution in [-0.4, -0.2) is 30.8 Å². The second-order valence-corrected chi connectivity index (χ2v) is 7.21. The summed E-state index contributed by atoms with van der Waals surface area (Å²) < 4.78 is 0. The third kappa shape index (κ3) is 5.34. The molecule has 7 nitrogen and oxygen atoms in total. The highest BCUT2D eigenvalue weighted by Crippen LogP contribution is 2.30. The Morgan fingerprint density at radius 1 is 1.07 bits per heavy atom. The maximum Gasteiger partial charge on any atom is 0.248 e. The summed E-state index contributed by atoms with van der Waals surface area (Å²) in [5.41, 5.74) is 8.03. The summed E-state index contributed by atoms with van der Waals surface area (Å²) in [6.45, 7) is 3.23. The number of nitrogens with two attached hydrogens (primary N) is 1. The minimum absolute atomic E-state index is 0.0732. The van der Waals surface area contributed by atoms with Crippen LogP contribution in [0.1, 0.15) is 48.1 Å². The Morgan fingerprint density at radius 2 is 1.76 bits per heavy atom. The first kappa shape index (κ1) is 20.4. The largest absolute Gasteiger partial charge is 0.370 e. The van der Waals surface area contributed by atoms with Gasteiger partial charge in [-0.2, -0.15) is 0 Å². The van der Waals surface area contributed by atoms with Gasteiger partial charge in [0.25, 0.3) is 0 Å². The zero-order valence-corrected chi connectivity index (χ0v) is 16.5. The Kier molecular flexibility index (Phi) is 6.49. The lowest BCUT2D eigenvalue weighted by Crippen LogP contribution is -2.30. The lowest BCUT2D eigenvalue weighted by atomic mass is 10.0. The van der Waals surface area contributed by atoms with Gasteiger partial charge in [0.2, 0.25) is 17.7 Å². The van der Waals surface area contributed by atoms with Crippen molar-refractivity contribution in [1.29, 1.82) is 0 Å². The monoisotopic (exact) mass is 394 g/mol. The number of rotatable bonds is 7. The molecule has 1 aliphatic heterocycles. The van der Waals surface area contributed by atoms with Gasteiger partial charge < -0.3 is 21.3 Å². The maximum absolute atomic E-state index is 12.8. The molecule has 2 aromatic carbocycles. The highest BCUT2D eigenvalue weighted by molar-refractivity contribution is 5.99. The van der Waals surface area contributed by atoms with Crippen LogP contribution in [0.4, 0.5) is 11.4 Å². The van der Waals surface area contributed by atoms with E-state index in [9.17, 15) is 14.4 Å². The van der Waals surface area contributed by atoms with Crippen LogP contribution in [0.2, 0.25) is 0 Å². The summed E-state index contributed by atoms with van der Waals surface area (Å²) >= 11 is 0. The third-order valence-electron chi connectivity index (χ3n) is 4.97. The Morgan fingerprint density at radius 3 is 2.38 bits per heavy atom. The molecule has 0 unspecified atom stereocenters. The van der Waals surface area contributed by atoms with E-state index in [2.05, 4.69) is 15.5 Å². The first-order chi connectivity index (χ1) is 13.9. The van der Waals surface area contributed by atoms with Crippen LogP contribution in [0.25, 0.3) is 0 Å². The van der Waals surface area contributed by atoms with Gasteiger partial charge in [-0.25, -0.2) is 0 Å². The summed E-state index contributed by atoms with van der Waals surface area (Å²) in [4.78, 5) is 38.2. The Labute approximate surface area is 170 Å². The van der Waals surface area contributed by atoms with Gasteiger partial charge in [-0.3, -0.25) is 14.4 Å². The van der Waals surface area contributed by atoms with Crippen molar-refractivity contribution in [2.24, 2.45) is 5.73 Å². The quantitative estimate of drug-likeness (QED) is 0.671. The van der Waals surface area contributed by atoms with E-state index in [1.165, 1.54) is 6.92 Å². The average molecular weight is 394 g/mol.